The van der Waals surface area contributed by atoms with E-state index in [1.54, 1.807) is 0 Å². The van der Waals surface area contributed by atoms with Crippen LogP contribution >= 0.6 is 11.3 Å². The number of urea groups is 1. The van der Waals surface area contributed by atoms with Crippen molar-refractivity contribution in [2.24, 2.45) is 23.7 Å². The van der Waals surface area contributed by atoms with Crippen LogP contribution in [-0.4, -0.2) is 47.4 Å². The first-order valence-electron chi connectivity index (χ1n) is 10.2. The fraction of sp³-hybridized carbons (Fsp3) is 0.429. The van der Waals surface area contributed by atoms with Gasteiger partial charge in [0, 0.05) is 19.2 Å². The molecule has 8 nitrogen and oxygen atoms in total. The lowest BCUT2D eigenvalue weighted by Gasteiger charge is -2.17. The number of hydrogen-bond acceptors (Lipinski definition) is 6. The van der Waals surface area contributed by atoms with Crippen molar-refractivity contribution in [3.8, 4) is 5.75 Å². The lowest BCUT2D eigenvalue weighted by atomic mass is 9.85. The Kier molecular flexibility index (Phi) is 4.69. The first-order chi connectivity index (χ1) is 14.5. The van der Waals surface area contributed by atoms with Crippen LogP contribution in [0.1, 0.15) is 13.3 Å². The van der Waals surface area contributed by atoms with Crippen molar-refractivity contribution >= 4 is 44.5 Å². The largest absolute Gasteiger partial charge is 0.494 e. The van der Waals surface area contributed by atoms with E-state index in [2.05, 4.69) is 27.8 Å². The van der Waals surface area contributed by atoms with Crippen LogP contribution in [0.2, 0.25) is 0 Å². The molecule has 2 aliphatic carbocycles. The van der Waals surface area contributed by atoms with Crippen molar-refractivity contribution in [1.29, 1.82) is 0 Å². The Morgan fingerprint density at radius 1 is 1.23 bits per heavy atom. The van der Waals surface area contributed by atoms with E-state index in [1.165, 1.54) is 16.2 Å². The molecule has 2 heterocycles. The summed E-state index contributed by atoms with van der Waals surface area (Å²) in [5.74, 6) is 0.525. The molecule has 9 heteroatoms. The van der Waals surface area contributed by atoms with Gasteiger partial charge in [-0.1, -0.05) is 23.5 Å². The molecule has 3 aliphatic rings. The monoisotopic (exact) mass is 426 g/mol. The highest BCUT2D eigenvalue weighted by Crippen LogP contribution is 2.52. The summed E-state index contributed by atoms with van der Waals surface area (Å²) in [6.07, 6.45) is 5.05. The van der Waals surface area contributed by atoms with Gasteiger partial charge in [-0.05, 0) is 37.3 Å². The highest BCUT2D eigenvalue weighted by Gasteiger charge is 2.58. The molecule has 156 valence electrons. The van der Waals surface area contributed by atoms with E-state index in [1.807, 2.05) is 25.1 Å². The van der Waals surface area contributed by atoms with Gasteiger partial charge in [0.15, 0.2) is 5.13 Å². The number of carbonyl (C=O) groups excluding carboxylic acids is 3. The number of rotatable bonds is 6. The third kappa shape index (κ3) is 3.13. The minimum atomic E-state index is -0.417. The molecule has 1 aromatic heterocycles. The predicted octanol–water partition coefficient (Wildman–Crippen LogP) is 2.62. The summed E-state index contributed by atoms with van der Waals surface area (Å²) in [5, 5.41) is 5.90. The van der Waals surface area contributed by atoms with Crippen LogP contribution in [0.25, 0.3) is 10.2 Å². The summed E-state index contributed by atoms with van der Waals surface area (Å²) in [4.78, 5) is 43.3. The summed E-state index contributed by atoms with van der Waals surface area (Å²) in [7, 11) is 0. The average Bonchev–Trinajstić information content (AvgIpc) is 3.47. The summed E-state index contributed by atoms with van der Waals surface area (Å²) < 4.78 is 6.41. The van der Waals surface area contributed by atoms with Gasteiger partial charge in [-0.15, -0.1) is 0 Å². The number of benzene rings is 1. The van der Waals surface area contributed by atoms with Gasteiger partial charge in [0.2, 0.25) is 11.8 Å². The highest BCUT2D eigenvalue weighted by molar-refractivity contribution is 7.22. The smallest absolute Gasteiger partial charge is 0.321 e. The van der Waals surface area contributed by atoms with Gasteiger partial charge < -0.3 is 10.1 Å². The molecule has 2 N–H and O–H groups in total. The van der Waals surface area contributed by atoms with E-state index in [0.29, 0.717) is 11.7 Å². The summed E-state index contributed by atoms with van der Waals surface area (Å²) in [6.45, 7) is 2.88. The van der Waals surface area contributed by atoms with Crippen molar-refractivity contribution in [2.75, 3.05) is 25.0 Å². The molecule has 0 unspecified atom stereocenters. The van der Waals surface area contributed by atoms with Gasteiger partial charge in [0.1, 0.15) is 5.75 Å². The molecular formula is C21H22N4O4S. The maximum Gasteiger partial charge on any atom is 0.321 e. The Balaban J connectivity index is 1.15. The first-order valence-corrected chi connectivity index (χ1v) is 11.0. The zero-order valence-electron chi connectivity index (χ0n) is 16.5. The van der Waals surface area contributed by atoms with Crippen LogP contribution in [0.4, 0.5) is 9.93 Å². The molecule has 4 amide bonds. The van der Waals surface area contributed by atoms with Crippen molar-refractivity contribution in [1.82, 2.24) is 15.2 Å². The van der Waals surface area contributed by atoms with Gasteiger partial charge in [-0.25, -0.2) is 9.78 Å². The highest BCUT2D eigenvalue weighted by atomic mass is 32.1. The molecule has 2 aromatic rings. The molecule has 1 aliphatic heterocycles. The van der Waals surface area contributed by atoms with Crippen molar-refractivity contribution in [3.05, 3.63) is 30.4 Å². The Morgan fingerprint density at radius 2 is 1.97 bits per heavy atom. The second-order valence-corrected chi connectivity index (χ2v) is 8.82. The second-order valence-electron chi connectivity index (χ2n) is 7.79. The van der Waals surface area contributed by atoms with E-state index in [0.717, 1.165) is 22.4 Å². The van der Waals surface area contributed by atoms with Crippen LogP contribution in [0.3, 0.4) is 0 Å². The van der Waals surface area contributed by atoms with E-state index < -0.39 is 6.03 Å². The molecule has 2 fully saturated rings. The van der Waals surface area contributed by atoms with E-state index >= 15 is 0 Å². The zero-order chi connectivity index (χ0) is 20.8. The number of hydrogen-bond donors (Lipinski definition) is 2. The SMILES string of the molecule is CCOc1ccc2sc(NC(=O)NCCN3C(=O)[C@@H]4[C@@H](C3=O)[C@H]3C=C[C@H]4C3)nc2c1. The number of fused-ring (bicyclic) bond motifs is 6. The quantitative estimate of drug-likeness (QED) is 0.546. The van der Waals surface area contributed by atoms with Crippen LogP contribution in [-0.2, 0) is 9.59 Å². The number of anilines is 1. The number of nitrogens with one attached hydrogen (secondary N) is 2. The van der Waals surface area contributed by atoms with Crippen molar-refractivity contribution < 1.29 is 19.1 Å². The van der Waals surface area contributed by atoms with E-state index in [4.69, 9.17) is 4.74 Å². The van der Waals surface area contributed by atoms with Gasteiger partial charge >= 0.3 is 6.03 Å². The maximum absolute atomic E-state index is 12.7. The zero-order valence-corrected chi connectivity index (χ0v) is 17.3. The second kappa shape index (κ2) is 7.39. The third-order valence-electron chi connectivity index (χ3n) is 6.07. The predicted molar refractivity (Wildman–Crippen MR) is 112 cm³/mol. The molecule has 5 rings (SSSR count). The number of aromatic nitrogens is 1. The molecule has 0 spiro atoms. The molecule has 1 saturated carbocycles. The van der Waals surface area contributed by atoms with Crippen LogP contribution in [0.15, 0.2) is 30.4 Å². The Morgan fingerprint density at radius 3 is 2.67 bits per heavy atom. The number of amides is 4. The van der Waals surface area contributed by atoms with Crippen LogP contribution in [0, 0.1) is 23.7 Å². The lowest BCUT2D eigenvalue weighted by molar-refractivity contribution is -0.140. The molecule has 4 atom stereocenters. The number of allylic oxidation sites excluding steroid dienone is 2. The molecule has 2 bridgehead atoms. The number of nitrogens with zero attached hydrogens (tertiary/aromatic N) is 2. The van der Waals surface area contributed by atoms with Crippen molar-refractivity contribution in [2.45, 2.75) is 13.3 Å². The van der Waals surface area contributed by atoms with Crippen LogP contribution < -0.4 is 15.4 Å². The topological polar surface area (TPSA) is 101 Å². The van der Waals surface area contributed by atoms with Gasteiger partial charge in [0.25, 0.3) is 0 Å². The Labute approximate surface area is 177 Å². The summed E-state index contributed by atoms with van der Waals surface area (Å²) in [5.41, 5.74) is 0.754. The minimum absolute atomic E-state index is 0.0969. The first kappa shape index (κ1) is 19.0. The summed E-state index contributed by atoms with van der Waals surface area (Å²) in [6, 6.07) is 5.20. The normalized spacial score (nSPS) is 26.5. The lowest BCUT2D eigenvalue weighted by Crippen LogP contribution is -2.40. The van der Waals surface area contributed by atoms with Gasteiger partial charge in [-0.2, -0.15) is 0 Å². The molecular weight excluding hydrogens is 404 g/mol. The van der Waals surface area contributed by atoms with Gasteiger partial charge in [-0.3, -0.25) is 19.8 Å². The minimum Gasteiger partial charge on any atom is -0.494 e. The van der Waals surface area contributed by atoms with Gasteiger partial charge in [0.05, 0.1) is 28.7 Å². The summed E-state index contributed by atoms with van der Waals surface area (Å²) >= 11 is 1.37. The molecule has 1 aromatic carbocycles. The number of carbonyl (C=O) groups is 3. The molecule has 30 heavy (non-hydrogen) atoms. The Bertz CT molecular complexity index is 1030. The van der Waals surface area contributed by atoms with E-state index in [9.17, 15) is 14.4 Å². The average molecular weight is 426 g/mol. The maximum atomic E-state index is 12.7. The fourth-order valence-corrected chi connectivity index (χ4v) is 5.67. The number of likely N-dealkylation sites (tertiary alicyclic amines) is 1. The number of imide groups is 1. The van der Waals surface area contributed by atoms with Crippen molar-refractivity contribution in [3.63, 3.8) is 0 Å². The number of thiazole rings is 1. The standard InChI is InChI=1S/C21H22N4O4S/c1-2-29-13-5-6-15-14(10-13)23-21(30-15)24-20(28)22-7-8-25-18(26)16-11-3-4-12(9-11)17(16)19(25)27/h3-6,10-12,16-17H,2,7-9H2,1H3,(H2,22,23,24,28)/t11-,12-,16-,17-/m0/s1. The molecule has 0 radical (unpaired) electrons. The molecule has 1 saturated heterocycles. The fourth-order valence-electron chi connectivity index (χ4n) is 4.82. The van der Waals surface area contributed by atoms with E-state index in [-0.39, 0.29) is 48.6 Å². The Hall–Kier alpha value is -2.94. The van der Waals surface area contributed by atoms with Crippen LogP contribution in [0.5, 0.6) is 5.75 Å². The third-order valence-corrected chi connectivity index (χ3v) is 7.02. The number of ether oxygens (including phenoxy) is 1.